The highest BCUT2D eigenvalue weighted by atomic mass is 32.1. The molecule has 0 bridgehead atoms. The van der Waals surface area contributed by atoms with Crippen LogP contribution in [0.15, 0.2) is 41.8 Å². The summed E-state index contributed by atoms with van der Waals surface area (Å²) in [5, 5.41) is 4.77. The van der Waals surface area contributed by atoms with E-state index in [1.165, 1.54) is 29.5 Å². The highest BCUT2D eigenvalue weighted by Gasteiger charge is 2.36. The van der Waals surface area contributed by atoms with Gasteiger partial charge in [0.1, 0.15) is 11.9 Å². The van der Waals surface area contributed by atoms with E-state index in [0.717, 1.165) is 0 Å². The molecule has 1 N–H and O–H groups in total. The Balaban J connectivity index is 1.70. The zero-order valence-electron chi connectivity index (χ0n) is 17.8. The molecule has 0 spiro atoms. The van der Waals surface area contributed by atoms with Crippen LogP contribution < -0.4 is 5.32 Å². The van der Waals surface area contributed by atoms with Crippen molar-refractivity contribution in [1.29, 1.82) is 0 Å². The second-order valence-corrected chi connectivity index (χ2v) is 8.53. The Kier molecular flexibility index (Phi) is 7.79. The van der Waals surface area contributed by atoms with Crippen LogP contribution in [-0.4, -0.2) is 59.7 Å². The lowest BCUT2D eigenvalue weighted by Gasteiger charge is -2.37. The highest BCUT2D eigenvalue weighted by Crippen LogP contribution is 2.24. The third-order valence-electron chi connectivity index (χ3n) is 5.74. The van der Waals surface area contributed by atoms with Crippen LogP contribution in [0.3, 0.4) is 0 Å². The van der Waals surface area contributed by atoms with Gasteiger partial charge in [-0.2, -0.15) is 0 Å². The first-order valence-corrected chi connectivity index (χ1v) is 11.5. The third kappa shape index (κ3) is 5.50. The van der Waals surface area contributed by atoms with E-state index in [0.29, 0.717) is 49.5 Å². The fraction of sp³-hybridized carbons (Fsp3) is 0.435. The molecule has 166 valence electrons. The molecule has 1 saturated heterocycles. The van der Waals surface area contributed by atoms with Gasteiger partial charge in [-0.25, -0.2) is 4.39 Å². The number of benzene rings is 1. The van der Waals surface area contributed by atoms with Crippen LogP contribution in [0, 0.1) is 11.7 Å². The molecule has 0 aliphatic carbocycles. The number of piperidine rings is 1. The molecule has 3 amide bonds. The maximum Gasteiger partial charge on any atom is 0.262 e. The Bertz CT molecular complexity index is 907. The third-order valence-corrected chi connectivity index (χ3v) is 6.61. The number of carbonyl (C=O) groups is 3. The standard InChI is InChI=1S/C23H28FN3O3S/c1-3-26(4-2)23(30)20(25-21(28)19-9-6-14-31-19)16-10-12-27(13-11-16)22(29)17-7-5-8-18(24)15-17/h5-9,14-16,20H,3-4,10-13H2,1-2H3,(H,25,28)/t20-/m0/s1. The van der Waals surface area contributed by atoms with E-state index in [2.05, 4.69) is 5.32 Å². The lowest BCUT2D eigenvalue weighted by molar-refractivity contribution is -0.134. The summed E-state index contributed by atoms with van der Waals surface area (Å²) in [6.07, 6.45) is 1.17. The monoisotopic (exact) mass is 445 g/mol. The number of likely N-dealkylation sites (tertiary alicyclic amines) is 1. The van der Waals surface area contributed by atoms with Gasteiger partial charge in [0.05, 0.1) is 4.88 Å². The minimum atomic E-state index is -0.638. The molecule has 2 heterocycles. The normalized spacial score (nSPS) is 15.4. The minimum absolute atomic E-state index is 0.0754. The number of likely N-dealkylation sites (N-methyl/N-ethyl adjacent to an activating group) is 1. The summed E-state index contributed by atoms with van der Waals surface area (Å²) in [5.74, 6) is -1.08. The van der Waals surface area contributed by atoms with Crippen LogP contribution in [0.1, 0.15) is 46.7 Å². The number of thiophene rings is 1. The molecule has 3 rings (SSSR count). The Morgan fingerprint density at radius 1 is 1.16 bits per heavy atom. The molecule has 1 aliphatic heterocycles. The summed E-state index contributed by atoms with van der Waals surface area (Å²) in [6.45, 7) is 5.88. The minimum Gasteiger partial charge on any atom is -0.341 e. The molecule has 8 heteroatoms. The van der Waals surface area contributed by atoms with E-state index in [9.17, 15) is 18.8 Å². The fourth-order valence-corrected chi connectivity index (χ4v) is 4.60. The van der Waals surface area contributed by atoms with Crippen LogP contribution in [0.25, 0.3) is 0 Å². The molecular weight excluding hydrogens is 417 g/mol. The molecule has 31 heavy (non-hydrogen) atoms. The van der Waals surface area contributed by atoms with Gasteiger partial charge in [0.25, 0.3) is 11.8 Å². The number of nitrogens with one attached hydrogen (secondary N) is 1. The van der Waals surface area contributed by atoms with Crippen LogP contribution in [0.2, 0.25) is 0 Å². The lowest BCUT2D eigenvalue weighted by Crippen LogP contribution is -2.54. The van der Waals surface area contributed by atoms with E-state index in [-0.39, 0.29) is 23.6 Å². The summed E-state index contributed by atoms with van der Waals surface area (Å²) in [7, 11) is 0. The van der Waals surface area contributed by atoms with Gasteiger partial charge < -0.3 is 15.1 Å². The van der Waals surface area contributed by atoms with Crippen molar-refractivity contribution in [2.45, 2.75) is 32.7 Å². The molecule has 1 fully saturated rings. The number of hydrogen-bond acceptors (Lipinski definition) is 4. The van der Waals surface area contributed by atoms with Gasteiger partial charge in [-0.05, 0) is 62.3 Å². The summed E-state index contributed by atoms with van der Waals surface area (Å²) in [6, 6.07) is 8.57. The van der Waals surface area contributed by atoms with E-state index in [1.807, 2.05) is 19.2 Å². The summed E-state index contributed by atoms with van der Waals surface area (Å²) in [5.41, 5.74) is 0.320. The molecular formula is C23H28FN3O3S. The summed E-state index contributed by atoms with van der Waals surface area (Å²) >= 11 is 1.33. The first kappa shape index (κ1) is 22.9. The Labute approximate surface area is 186 Å². The SMILES string of the molecule is CCN(CC)C(=O)[C@@H](NC(=O)c1cccs1)C1CCN(C(=O)c2cccc(F)c2)CC1. The molecule has 1 aliphatic rings. The maximum atomic E-state index is 13.5. The van der Waals surface area contributed by atoms with Gasteiger partial charge in [0.2, 0.25) is 5.91 Å². The van der Waals surface area contributed by atoms with Crippen molar-refractivity contribution >= 4 is 29.1 Å². The fourth-order valence-electron chi connectivity index (χ4n) is 3.97. The number of amides is 3. The molecule has 1 aromatic heterocycles. The smallest absolute Gasteiger partial charge is 0.262 e. The van der Waals surface area contributed by atoms with Crippen molar-refractivity contribution in [1.82, 2.24) is 15.1 Å². The zero-order chi connectivity index (χ0) is 22.4. The number of rotatable bonds is 7. The number of carbonyl (C=O) groups excluding carboxylic acids is 3. The lowest BCUT2D eigenvalue weighted by atomic mass is 9.88. The van der Waals surface area contributed by atoms with Gasteiger partial charge in [-0.15, -0.1) is 11.3 Å². The molecule has 0 saturated carbocycles. The van der Waals surface area contributed by atoms with Crippen molar-refractivity contribution in [2.24, 2.45) is 5.92 Å². The van der Waals surface area contributed by atoms with E-state index < -0.39 is 11.9 Å². The van der Waals surface area contributed by atoms with E-state index in [4.69, 9.17) is 0 Å². The molecule has 0 radical (unpaired) electrons. The predicted octanol–water partition coefficient (Wildman–Crippen LogP) is 3.41. The summed E-state index contributed by atoms with van der Waals surface area (Å²) < 4.78 is 13.5. The largest absolute Gasteiger partial charge is 0.341 e. The average molecular weight is 446 g/mol. The van der Waals surface area contributed by atoms with Gasteiger partial charge in [-0.1, -0.05) is 12.1 Å². The molecule has 1 atom stereocenters. The van der Waals surface area contributed by atoms with Gasteiger partial charge >= 0.3 is 0 Å². The van der Waals surface area contributed by atoms with Crippen molar-refractivity contribution in [3.63, 3.8) is 0 Å². The van der Waals surface area contributed by atoms with Crippen LogP contribution in [0.4, 0.5) is 4.39 Å². The Morgan fingerprint density at radius 3 is 2.45 bits per heavy atom. The van der Waals surface area contributed by atoms with E-state index in [1.54, 1.807) is 28.0 Å². The molecule has 2 aromatic rings. The van der Waals surface area contributed by atoms with Crippen molar-refractivity contribution < 1.29 is 18.8 Å². The van der Waals surface area contributed by atoms with Gasteiger partial charge in [0, 0.05) is 31.7 Å². The molecule has 1 aromatic carbocycles. The van der Waals surface area contributed by atoms with Crippen molar-refractivity contribution in [3.05, 3.63) is 58.0 Å². The van der Waals surface area contributed by atoms with Crippen molar-refractivity contribution in [3.8, 4) is 0 Å². The number of hydrogen-bond donors (Lipinski definition) is 1. The average Bonchev–Trinajstić information content (AvgIpc) is 3.33. The highest BCUT2D eigenvalue weighted by molar-refractivity contribution is 7.12. The van der Waals surface area contributed by atoms with Gasteiger partial charge in [0.15, 0.2) is 0 Å². The predicted molar refractivity (Wildman–Crippen MR) is 119 cm³/mol. The molecule has 0 unspecified atom stereocenters. The second-order valence-electron chi connectivity index (χ2n) is 7.58. The number of halogens is 1. The maximum absolute atomic E-state index is 13.5. The van der Waals surface area contributed by atoms with E-state index >= 15 is 0 Å². The van der Waals surface area contributed by atoms with Crippen LogP contribution in [-0.2, 0) is 4.79 Å². The zero-order valence-corrected chi connectivity index (χ0v) is 18.7. The van der Waals surface area contributed by atoms with Gasteiger partial charge in [-0.3, -0.25) is 14.4 Å². The van der Waals surface area contributed by atoms with Crippen LogP contribution >= 0.6 is 11.3 Å². The quantitative estimate of drug-likeness (QED) is 0.710. The van der Waals surface area contributed by atoms with Crippen molar-refractivity contribution in [2.75, 3.05) is 26.2 Å². The summed E-state index contributed by atoms with van der Waals surface area (Å²) in [4.78, 5) is 42.5. The number of nitrogens with zero attached hydrogens (tertiary/aromatic N) is 2. The second kappa shape index (κ2) is 10.5. The molecule has 6 nitrogen and oxygen atoms in total. The Hall–Kier alpha value is -2.74. The first-order valence-electron chi connectivity index (χ1n) is 10.6. The first-order chi connectivity index (χ1) is 14.9. The Morgan fingerprint density at radius 2 is 1.87 bits per heavy atom. The topological polar surface area (TPSA) is 69.7 Å². The van der Waals surface area contributed by atoms with Crippen LogP contribution in [0.5, 0.6) is 0 Å².